The summed E-state index contributed by atoms with van der Waals surface area (Å²) in [6, 6.07) is 3.16. The minimum atomic E-state index is -3.51. The summed E-state index contributed by atoms with van der Waals surface area (Å²) in [7, 11) is -3.51. The molecule has 1 fully saturated rings. The summed E-state index contributed by atoms with van der Waals surface area (Å²) in [4.78, 5) is 10.4. The molecular weight excluding hydrogens is 296 g/mol. The zero-order chi connectivity index (χ0) is 14.0. The van der Waals surface area contributed by atoms with Crippen LogP contribution in [0.1, 0.15) is 0 Å². The minimum absolute atomic E-state index is 0.204. The molecule has 3 heterocycles. The number of anilines is 1. The molecule has 0 amide bonds. The summed E-state index contributed by atoms with van der Waals surface area (Å²) in [6.45, 7) is 3.48. The summed E-state index contributed by atoms with van der Waals surface area (Å²) in [5, 5.41) is 4.01. The molecule has 0 radical (unpaired) electrons. The highest BCUT2D eigenvalue weighted by molar-refractivity contribution is 7.93. The predicted molar refractivity (Wildman–Crippen MR) is 76.9 cm³/mol. The molecular formula is C12H14N4O2S2. The first-order valence-corrected chi connectivity index (χ1v) is 8.54. The Labute approximate surface area is 121 Å². The molecule has 1 saturated heterocycles. The predicted octanol–water partition coefficient (Wildman–Crippen LogP) is 0.780. The van der Waals surface area contributed by atoms with Crippen LogP contribution in [0.3, 0.4) is 0 Å². The van der Waals surface area contributed by atoms with E-state index in [-0.39, 0.29) is 9.10 Å². The average molecular weight is 310 g/mol. The van der Waals surface area contributed by atoms with Crippen molar-refractivity contribution in [2.75, 3.05) is 31.1 Å². The Bertz CT molecular complexity index is 678. The van der Waals surface area contributed by atoms with Gasteiger partial charge in [0.1, 0.15) is 4.21 Å². The van der Waals surface area contributed by atoms with E-state index in [2.05, 4.69) is 20.2 Å². The van der Waals surface area contributed by atoms with Crippen molar-refractivity contribution in [3.8, 4) is 0 Å². The van der Waals surface area contributed by atoms with Crippen LogP contribution >= 0.6 is 11.3 Å². The molecule has 106 valence electrons. The van der Waals surface area contributed by atoms with Crippen LogP contribution in [-0.4, -0.2) is 44.6 Å². The second-order valence-corrected chi connectivity index (χ2v) is 7.58. The standard InChI is InChI=1S/C12H14N4O2S2/c17-20(18,10-2-1-3-14-8-10)11-9-15-12(19-11)16-6-4-13-5-7-16/h1-3,8-9,13H,4-7H2. The van der Waals surface area contributed by atoms with Gasteiger partial charge in [0, 0.05) is 38.6 Å². The van der Waals surface area contributed by atoms with Crippen molar-refractivity contribution in [2.24, 2.45) is 0 Å². The molecule has 0 saturated carbocycles. The van der Waals surface area contributed by atoms with E-state index in [0.717, 1.165) is 31.3 Å². The van der Waals surface area contributed by atoms with Crippen molar-refractivity contribution in [1.82, 2.24) is 15.3 Å². The van der Waals surface area contributed by atoms with Crippen molar-refractivity contribution in [3.63, 3.8) is 0 Å². The van der Waals surface area contributed by atoms with Crippen LogP contribution in [0.2, 0.25) is 0 Å². The molecule has 8 heteroatoms. The van der Waals surface area contributed by atoms with Gasteiger partial charge in [-0.3, -0.25) is 4.98 Å². The first-order valence-electron chi connectivity index (χ1n) is 6.24. The number of piperazine rings is 1. The zero-order valence-electron chi connectivity index (χ0n) is 10.7. The zero-order valence-corrected chi connectivity index (χ0v) is 12.3. The van der Waals surface area contributed by atoms with Crippen LogP contribution in [0.5, 0.6) is 0 Å². The number of nitrogens with zero attached hydrogens (tertiary/aromatic N) is 3. The first-order chi connectivity index (χ1) is 9.68. The lowest BCUT2D eigenvalue weighted by atomic mass is 10.4. The van der Waals surface area contributed by atoms with Gasteiger partial charge in [-0.15, -0.1) is 0 Å². The highest BCUT2D eigenvalue weighted by atomic mass is 32.2. The maximum atomic E-state index is 12.4. The average Bonchev–Trinajstić information content (AvgIpc) is 3.00. The maximum Gasteiger partial charge on any atom is 0.219 e. The Morgan fingerprint density at radius 1 is 1.25 bits per heavy atom. The van der Waals surface area contributed by atoms with E-state index in [0.29, 0.717) is 0 Å². The van der Waals surface area contributed by atoms with E-state index in [4.69, 9.17) is 0 Å². The van der Waals surface area contributed by atoms with Gasteiger partial charge in [0.15, 0.2) is 5.13 Å². The number of hydrogen-bond acceptors (Lipinski definition) is 7. The van der Waals surface area contributed by atoms with Gasteiger partial charge in [-0.2, -0.15) is 0 Å². The molecule has 1 N–H and O–H groups in total. The van der Waals surface area contributed by atoms with Gasteiger partial charge in [0.05, 0.1) is 11.1 Å². The summed E-state index contributed by atoms with van der Waals surface area (Å²) in [5.74, 6) is 0. The number of thiazole rings is 1. The lowest BCUT2D eigenvalue weighted by Crippen LogP contribution is -2.43. The van der Waals surface area contributed by atoms with Gasteiger partial charge >= 0.3 is 0 Å². The Kier molecular flexibility index (Phi) is 3.68. The number of nitrogens with one attached hydrogen (secondary N) is 1. The summed E-state index contributed by atoms with van der Waals surface area (Å²) >= 11 is 1.21. The van der Waals surface area contributed by atoms with Crippen molar-refractivity contribution in [1.29, 1.82) is 0 Å². The first kappa shape index (κ1) is 13.5. The third-order valence-electron chi connectivity index (χ3n) is 3.07. The minimum Gasteiger partial charge on any atom is -0.346 e. The van der Waals surface area contributed by atoms with E-state index < -0.39 is 9.84 Å². The molecule has 0 aromatic carbocycles. The third kappa shape index (κ3) is 2.54. The molecule has 3 rings (SSSR count). The molecule has 0 spiro atoms. The summed E-state index contributed by atoms with van der Waals surface area (Å²) in [5.41, 5.74) is 0. The van der Waals surface area contributed by atoms with E-state index in [1.165, 1.54) is 23.7 Å². The lowest BCUT2D eigenvalue weighted by molar-refractivity contribution is 0.588. The van der Waals surface area contributed by atoms with Crippen LogP contribution in [0.4, 0.5) is 5.13 Å². The molecule has 2 aromatic heterocycles. The second kappa shape index (κ2) is 5.47. The number of rotatable bonds is 3. The maximum absolute atomic E-state index is 12.4. The Morgan fingerprint density at radius 2 is 2.05 bits per heavy atom. The largest absolute Gasteiger partial charge is 0.346 e. The van der Waals surface area contributed by atoms with Crippen molar-refractivity contribution < 1.29 is 8.42 Å². The monoisotopic (exact) mass is 310 g/mol. The Balaban J connectivity index is 1.90. The SMILES string of the molecule is O=S(=O)(c1cccnc1)c1cnc(N2CCNCC2)s1. The fourth-order valence-corrected chi connectivity index (χ4v) is 4.53. The lowest BCUT2D eigenvalue weighted by Gasteiger charge is -2.26. The summed E-state index contributed by atoms with van der Waals surface area (Å²) in [6.07, 6.45) is 4.35. The number of hydrogen-bond donors (Lipinski definition) is 1. The highest BCUT2D eigenvalue weighted by Gasteiger charge is 2.23. The number of aromatic nitrogens is 2. The van der Waals surface area contributed by atoms with E-state index >= 15 is 0 Å². The van der Waals surface area contributed by atoms with E-state index in [1.807, 2.05) is 0 Å². The normalized spacial score (nSPS) is 16.3. The quantitative estimate of drug-likeness (QED) is 0.903. The van der Waals surface area contributed by atoms with Gasteiger partial charge in [0.2, 0.25) is 9.84 Å². The van der Waals surface area contributed by atoms with Crippen molar-refractivity contribution >= 4 is 26.3 Å². The highest BCUT2D eigenvalue weighted by Crippen LogP contribution is 2.30. The van der Waals surface area contributed by atoms with E-state index in [9.17, 15) is 8.42 Å². The molecule has 0 bridgehead atoms. The van der Waals surface area contributed by atoms with Crippen LogP contribution < -0.4 is 10.2 Å². The van der Waals surface area contributed by atoms with Crippen LogP contribution in [-0.2, 0) is 9.84 Å². The van der Waals surface area contributed by atoms with Gasteiger partial charge in [-0.05, 0) is 12.1 Å². The smallest absolute Gasteiger partial charge is 0.219 e. The van der Waals surface area contributed by atoms with Crippen molar-refractivity contribution in [3.05, 3.63) is 30.7 Å². The molecule has 20 heavy (non-hydrogen) atoms. The third-order valence-corrected chi connectivity index (χ3v) is 6.33. The fourth-order valence-electron chi connectivity index (χ4n) is 2.00. The molecule has 0 unspecified atom stereocenters. The number of sulfone groups is 1. The summed E-state index contributed by atoms with van der Waals surface area (Å²) < 4.78 is 25.1. The van der Waals surface area contributed by atoms with Gasteiger partial charge in [-0.1, -0.05) is 11.3 Å². The molecule has 1 aliphatic rings. The number of pyridine rings is 1. The van der Waals surface area contributed by atoms with Gasteiger partial charge in [-0.25, -0.2) is 13.4 Å². The van der Waals surface area contributed by atoms with Gasteiger partial charge < -0.3 is 10.2 Å². The van der Waals surface area contributed by atoms with E-state index in [1.54, 1.807) is 18.3 Å². The Hall–Kier alpha value is -1.51. The van der Waals surface area contributed by atoms with Crippen molar-refractivity contribution in [2.45, 2.75) is 9.10 Å². The molecule has 6 nitrogen and oxygen atoms in total. The molecule has 0 atom stereocenters. The Morgan fingerprint density at radius 3 is 2.75 bits per heavy atom. The van der Waals surface area contributed by atoms with Gasteiger partial charge in [0.25, 0.3) is 0 Å². The van der Waals surface area contributed by atoms with Crippen LogP contribution in [0, 0.1) is 0 Å². The topological polar surface area (TPSA) is 75.2 Å². The second-order valence-electron chi connectivity index (χ2n) is 4.39. The molecule has 1 aliphatic heterocycles. The van der Waals surface area contributed by atoms with Crippen LogP contribution in [0.15, 0.2) is 39.8 Å². The molecule has 0 aliphatic carbocycles. The van der Waals surface area contributed by atoms with Crippen LogP contribution in [0.25, 0.3) is 0 Å². The molecule has 2 aromatic rings. The fraction of sp³-hybridized carbons (Fsp3) is 0.333.